The Kier molecular flexibility index (Phi) is 3.30. The Morgan fingerprint density at radius 2 is 2.47 bits per heavy atom. The Hall–Kier alpha value is -0.980. The van der Waals surface area contributed by atoms with Crippen LogP contribution in [0.25, 0.3) is 0 Å². The van der Waals surface area contributed by atoms with E-state index in [1.807, 2.05) is 0 Å². The first kappa shape index (κ1) is 10.5. The van der Waals surface area contributed by atoms with Gasteiger partial charge >= 0.3 is 0 Å². The molecule has 15 heavy (non-hydrogen) atoms. The zero-order valence-electron chi connectivity index (χ0n) is 8.43. The molecule has 1 aliphatic heterocycles. The first-order chi connectivity index (χ1) is 7.31. The van der Waals surface area contributed by atoms with Crippen LogP contribution in [0, 0.1) is 0 Å². The van der Waals surface area contributed by atoms with E-state index < -0.39 is 6.10 Å². The molecule has 0 spiro atoms. The van der Waals surface area contributed by atoms with Gasteiger partial charge in [0.1, 0.15) is 12.2 Å². The summed E-state index contributed by atoms with van der Waals surface area (Å²) in [5.74, 6) is 0.754. The molecular weight excluding hydrogens is 198 g/mol. The zero-order valence-corrected chi connectivity index (χ0v) is 8.43. The van der Waals surface area contributed by atoms with E-state index in [1.165, 1.54) is 0 Å². The van der Waals surface area contributed by atoms with Gasteiger partial charge in [0.05, 0.1) is 0 Å². The summed E-state index contributed by atoms with van der Waals surface area (Å²) in [6.45, 7) is 1.12. The number of nitrogens with zero attached hydrogens (tertiary/aromatic N) is 2. The molecule has 0 amide bonds. The van der Waals surface area contributed by atoms with Crippen LogP contribution in [0.3, 0.4) is 0 Å². The lowest BCUT2D eigenvalue weighted by molar-refractivity contribution is 0.102. The summed E-state index contributed by atoms with van der Waals surface area (Å²) >= 11 is 0. The molecule has 0 aromatic carbocycles. The highest BCUT2D eigenvalue weighted by Gasteiger charge is 2.24. The van der Waals surface area contributed by atoms with Crippen LogP contribution in [0.15, 0.2) is 4.52 Å². The monoisotopic (exact) mass is 213 g/mol. The van der Waals surface area contributed by atoms with E-state index in [2.05, 4.69) is 10.1 Å². The van der Waals surface area contributed by atoms with Crippen LogP contribution in [0.5, 0.6) is 0 Å². The summed E-state index contributed by atoms with van der Waals surface area (Å²) in [6, 6.07) is 0. The van der Waals surface area contributed by atoms with Crippen LogP contribution >= 0.6 is 0 Å². The number of aliphatic hydroxyl groups is 1. The van der Waals surface area contributed by atoms with Crippen molar-refractivity contribution < 1.29 is 14.4 Å². The number of aromatic nitrogens is 2. The maximum Gasteiger partial charge on any atom is 0.255 e. The molecule has 1 aromatic heterocycles. The largest absolute Gasteiger partial charge is 0.383 e. The van der Waals surface area contributed by atoms with E-state index in [1.54, 1.807) is 0 Å². The first-order valence-corrected chi connectivity index (χ1v) is 5.14. The van der Waals surface area contributed by atoms with Gasteiger partial charge in [-0.3, -0.25) is 0 Å². The number of rotatable bonds is 4. The highest BCUT2D eigenvalue weighted by atomic mass is 16.5. The van der Waals surface area contributed by atoms with E-state index in [0.717, 1.165) is 19.4 Å². The SMILES string of the molecule is NCCC(O)c1nc(C2CCCO2)no1. The molecule has 1 fully saturated rings. The molecular formula is C9H15N3O3. The van der Waals surface area contributed by atoms with Crippen molar-refractivity contribution in [2.24, 2.45) is 5.73 Å². The third kappa shape index (κ3) is 2.34. The van der Waals surface area contributed by atoms with Crippen LogP contribution < -0.4 is 5.73 Å². The van der Waals surface area contributed by atoms with Crippen molar-refractivity contribution in [2.75, 3.05) is 13.2 Å². The Morgan fingerprint density at radius 1 is 1.60 bits per heavy atom. The zero-order chi connectivity index (χ0) is 10.7. The average molecular weight is 213 g/mol. The van der Waals surface area contributed by atoms with Gasteiger partial charge in [0, 0.05) is 6.61 Å². The lowest BCUT2D eigenvalue weighted by atomic mass is 10.2. The molecule has 2 heterocycles. The first-order valence-electron chi connectivity index (χ1n) is 5.14. The van der Waals surface area contributed by atoms with E-state index >= 15 is 0 Å². The second kappa shape index (κ2) is 4.69. The highest BCUT2D eigenvalue weighted by molar-refractivity contribution is 4.95. The normalized spacial score (nSPS) is 23.2. The Labute approximate surface area is 87.4 Å². The molecule has 6 nitrogen and oxygen atoms in total. The van der Waals surface area contributed by atoms with Gasteiger partial charge in [-0.05, 0) is 25.8 Å². The minimum Gasteiger partial charge on any atom is -0.383 e. The van der Waals surface area contributed by atoms with Gasteiger partial charge in [0.15, 0.2) is 0 Å². The maximum absolute atomic E-state index is 9.56. The van der Waals surface area contributed by atoms with Gasteiger partial charge in [-0.1, -0.05) is 5.16 Å². The van der Waals surface area contributed by atoms with Crippen molar-refractivity contribution in [1.82, 2.24) is 10.1 Å². The van der Waals surface area contributed by atoms with Crippen LogP contribution in [0.4, 0.5) is 0 Å². The van der Waals surface area contributed by atoms with Crippen LogP contribution in [-0.2, 0) is 4.74 Å². The molecule has 2 unspecified atom stereocenters. The molecule has 6 heteroatoms. The summed E-state index contributed by atoms with van der Waals surface area (Å²) in [4.78, 5) is 4.10. The van der Waals surface area contributed by atoms with Crippen molar-refractivity contribution in [1.29, 1.82) is 0 Å². The fraction of sp³-hybridized carbons (Fsp3) is 0.778. The molecule has 3 N–H and O–H groups in total. The highest BCUT2D eigenvalue weighted by Crippen LogP contribution is 2.27. The summed E-state index contributed by atoms with van der Waals surface area (Å²) in [7, 11) is 0. The smallest absolute Gasteiger partial charge is 0.255 e. The number of ether oxygens (including phenoxy) is 1. The van der Waals surface area contributed by atoms with E-state index in [-0.39, 0.29) is 12.0 Å². The molecule has 1 aromatic rings. The summed E-state index contributed by atoms with van der Waals surface area (Å²) in [5, 5.41) is 13.3. The molecule has 1 aliphatic rings. The van der Waals surface area contributed by atoms with Crippen molar-refractivity contribution in [3.63, 3.8) is 0 Å². The Balaban J connectivity index is 2.02. The molecule has 1 saturated heterocycles. The second-order valence-electron chi connectivity index (χ2n) is 3.59. The van der Waals surface area contributed by atoms with Crippen molar-refractivity contribution in [2.45, 2.75) is 31.5 Å². The van der Waals surface area contributed by atoms with Crippen LogP contribution in [0.1, 0.15) is 43.2 Å². The van der Waals surface area contributed by atoms with Gasteiger partial charge in [0.25, 0.3) is 5.89 Å². The average Bonchev–Trinajstić information content (AvgIpc) is 2.89. The minimum absolute atomic E-state index is 0.0763. The molecule has 0 bridgehead atoms. The van der Waals surface area contributed by atoms with Gasteiger partial charge in [-0.25, -0.2) is 0 Å². The van der Waals surface area contributed by atoms with Crippen LogP contribution in [-0.4, -0.2) is 28.4 Å². The van der Waals surface area contributed by atoms with E-state index in [0.29, 0.717) is 18.8 Å². The quantitative estimate of drug-likeness (QED) is 0.747. The third-order valence-electron chi connectivity index (χ3n) is 2.40. The predicted octanol–water partition coefficient (Wildman–Crippen LogP) is 0.303. The molecule has 84 valence electrons. The minimum atomic E-state index is -0.766. The standard InChI is InChI=1S/C9H15N3O3/c10-4-3-6(13)9-11-8(12-15-9)7-2-1-5-14-7/h6-7,13H,1-5,10H2. The fourth-order valence-electron chi connectivity index (χ4n) is 1.58. The maximum atomic E-state index is 9.56. The lowest BCUT2D eigenvalue weighted by Crippen LogP contribution is -2.07. The predicted molar refractivity (Wildman–Crippen MR) is 50.9 cm³/mol. The van der Waals surface area contributed by atoms with Gasteiger partial charge < -0.3 is 20.1 Å². The summed E-state index contributed by atoms with van der Waals surface area (Å²) < 4.78 is 10.3. The third-order valence-corrected chi connectivity index (χ3v) is 2.40. The topological polar surface area (TPSA) is 94.4 Å². The van der Waals surface area contributed by atoms with Crippen molar-refractivity contribution in [3.05, 3.63) is 11.7 Å². The van der Waals surface area contributed by atoms with Gasteiger partial charge in [-0.15, -0.1) is 0 Å². The number of nitrogens with two attached hydrogens (primary N) is 1. The van der Waals surface area contributed by atoms with Gasteiger partial charge in [0.2, 0.25) is 5.82 Å². The number of aliphatic hydroxyl groups excluding tert-OH is 1. The number of hydrogen-bond acceptors (Lipinski definition) is 6. The Morgan fingerprint density at radius 3 is 3.13 bits per heavy atom. The van der Waals surface area contributed by atoms with E-state index in [4.69, 9.17) is 15.0 Å². The summed E-state index contributed by atoms with van der Waals surface area (Å²) in [5.41, 5.74) is 5.32. The van der Waals surface area contributed by atoms with Gasteiger partial charge in [-0.2, -0.15) is 4.98 Å². The van der Waals surface area contributed by atoms with Crippen molar-refractivity contribution in [3.8, 4) is 0 Å². The van der Waals surface area contributed by atoms with E-state index in [9.17, 15) is 5.11 Å². The molecule has 2 rings (SSSR count). The van der Waals surface area contributed by atoms with Crippen molar-refractivity contribution >= 4 is 0 Å². The summed E-state index contributed by atoms with van der Waals surface area (Å²) in [6.07, 6.45) is 1.50. The Bertz CT molecular complexity index is 309. The van der Waals surface area contributed by atoms with Crippen LogP contribution in [0.2, 0.25) is 0 Å². The molecule has 0 aliphatic carbocycles. The number of hydrogen-bond donors (Lipinski definition) is 2. The molecule has 0 radical (unpaired) electrons. The fourth-order valence-corrected chi connectivity index (χ4v) is 1.58. The lowest BCUT2D eigenvalue weighted by Gasteiger charge is -2.02. The molecule has 2 atom stereocenters. The second-order valence-corrected chi connectivity index (χ2v) is 3.59. The molecule has 0 saturated carbocycles.